The second-order valence-corrected chi connectivity index (χ2v) is 27.6. The van der Waals surface area contributed by atoms with E-state index >= 15 is 0 Å². The molecule has 0 unspecified atom stereocenters. The Morgan fingerprint density at radius 2 is 0.246 bits per heavy atom. The largest absolute Gasteiger partial charge is 0 e. The molecule has 9 aromatic rings. The van der Waals surface area contributed by atoms with Crippen molar-refractivity contribution in [3.63, 3.8) is 0 Å². The van der Waals surface area contributed by atoms with Crippen LogP contribution in [0.2, 0.25) is 0 Å². The third kappa shape index (κ3) is 10.5. The SMILES string of the molecule is C[PH](c1ccccc1)(c1ccccc1)c1ccccc1.C[PH](c1ccccc1)(c1ccccc1)c1ccccc1.C[PH](c1ccccc1)(c1ccccc1)c1ccccc1.[Pd]. The Balaban J connectivity index is 0.000000152. The minimum absolute atomic E-state index is 0. The topological polar surface area (TPSA) is 0 Å². The average molecular weight is 941 g/mol. The first kappa shape index (κ1) is 45.5. The summed E-state index contributed by atoms with van der Waals surface area (Å²) in [6, 6.07) is 98.3. The van der Waals surface area contributed by atoms with Crippen molar-refractivity contribution in [2.45, 2.75) is 0 Å². The molecule has 0 aliphatic heterocycles. The quantitative estimate of drug-likeness (QED) is 0.1000. The standard InChI is InChI=1S/3C19H19P.Pd/c3*1-20(17-11-5-2-6-12-17,18-13-7-3-8-14-18)19-15-9-4-10-16-19;/h3*2-16,20H,1H3;. The molecule has 0 nitrogen and oxygen atoms in total. The summed E-state index contributed by atoms with van der Waals surface area (Å²) in [6.07, 6.45) is 0. The van der Waals surface area contributed by atoms with Gasteiger partial charge in [0.05, 0.1) is 0 Å². The normalized spacial score (nSPS) is 11.9. The molecule has 9 aromatic carbocycles. The molecule has 9 rings (SSSR count). The van der Waals surface area contributed by atoms with Crippen LogP contribution in [0, 0.1) is 0 Å². The molecule has 0 heterocycles. The third-order valence-corrected chi connectivity index (χ3v) is 25.6. The Bertz CT molecular complexity index is 1990. The van der Waals surface area contributed by atoms with E-state index in [1.165, 1.54) is 47.7 Å². The first-order valence-corrected chi connectivity index (χ1v) is 28.4. The van der Waals surface area contributed by atoms with Gasteiger partial charge in [-0.25, -0.2) is 0 Å². The Labute approximate surface area is 380 Å². The van der Waals surface area contributed by atoms with Crippen LogP contribution in [0.3, 0.4) is 0 Å². The van der Waals surface area contributed by atoms with E-state index in [0.717, 1.165) is 0 Å². The van der Waals surface area contributed by atoms with Crippen molar-refractivity contribution in [1.82, 2.24) is 0 Å². The van der Waals surface area contributed by atoms with E-state index in [2.05, 4.69) is 293 Å². The molecule has 61 heavy (non-hydrogen) atoms. The van der Waals surface area contributed by atoms with Gasteiger partial charge >= 0.3 is 363 Å². The number of hydrogen-bond acceptors (Lipinski definition) is 0. The van der Waals surface area contributed by atoms with Crippen molar-refractivity contribution in [1.29, 1.82) is 0 Å². The molecule has 310 valence electrons. The van der Waals surface area contributed by atoms with Crippen molar-refractivity contribution in [3.05, 3.63) is 273 Å². The number of rotatable bonds is 9. The molecular formula is C57H57P3Pd. The van der Waals surface area contributed by atoms with Crippen LogP contribution in [0.1, 0.15) is 0 Å². The molecule has 0 spiro atoms. The maximum atomic E-state index is 2.44. The minimum atomic E-state index is -1.88. The zero-order chi connectivity index (χ0) is 41.5. The van der Waals surface area contributed by atoms with Gasteiger partial charge < -0.3 is 0 Å². The summed E-state index contributed by atoms with van der Waals surface area (Å²) in [4.78, 5) is 0. The van der Waals surface area contributed by atoms with Crippen LogP contribution in [-0.4, -0.2) is 20.0 Å². The zero-order valence-corrected chi connectivity index (χ0v) is 39.9. The molecule has 0 bridgehead atoms. The van der Waals surface area contributed by atoms with E-state index in [4.69, 9.17) is 0 Å². The van der Waals surface area contributed by atoms with Crippen molar-refractivity contribution in [2.75, 3.05) is 20.0 Å². The third-order valence-electron chi connectivity index (χ3n) is 12.2. The fourth-order valence-corrected chi connectivity index (χ4v) is 19.2. The molecular weight excluding hydrogens is 884 g/mol. The van der Waals surface area contributed by atoms with Gasteiger partial charge in [0.25, 0.3) is 0 Å². The average Bonchev–Trinajstić information content (AvgIpc) is 3.36. The zero-order valence-electron chi connectivity index (χ0n) is 35.3. The molecule has 0 fully saturated rings. The maximum absolute atomic E-state index is 2.44. The first-order valence-electron chi connectivity index (χ1n) is 20.9. The summed E-state index contributed by atoms with van der Waals surface area (Å²) in [6.45, 7) is 7.31. The number of benzene rings is 9. The van der Waals surface area contributed by atoms with Gasteiger partial charge in [0.15, 0.2) is 0 Å². The van der Waals surface area contributed by atoms with Gasteiger partial charge in [0, 0.05) is 20.4 Å². The summed E-state index contributed by atoms with van der Waals surface area (Å²) < 4.78 is 0. The van der Waals surface area contributed by atoms with Crippen molar-refractivity contribution < 1.29 is 20.4 Å². The second-order valence-electron chi connectivity index (χ2n) is 15.7. The summed E-state index contributed by atoms with van der Waals surface area (Å²) in [5, 5.41) is 13.1. The molecule has 0 saturated carbocycles. The van der Waals surface area contributed by atoms with E-state index in [-0.39, 0.29) is 20.4 Å². The van der Waals surface area contributed by atoms with Gasteiger partial charge in [-0.2, -0.15) is 0 Å². The van der Waals surface area contributed by atoms with Crippen LogP contribution < -0.4 is 47.7 Å². The van der Waals surface area contributed by atoms with Gasteiger partial charge in [-0.3, -0.25) is 0 Å². The Morgan fingerprint density at radius 3 is 0.328 bits per heavy atom. The Kier molecular flexibility index (Phi) is 16.5. The van der Waals surface area contributed by atoms with Crippen molar-refractivity contribution in [2.24, 2.45) is 0 Å². The van der Waals surface area contributed by atoms with Crippen LogP contribution in [0.15, 0.2) is 273 Å². The summed E-state index contributed by atoms with van der Waals surface area (Å²) >= 11 is 0. The van der Waals surface area contributed by atoms with E-state index in [1.807, 2.05) is 0 Å². The van der Waals surface area contributed by atoms with Gasteiger partial charge in [-0.05, 0) is 0 Å². The van der Waals surface area contributed by atoms with Crippen LogP contribution >= 0.6 is 21.8 Å². The number of hydrogen-bond donors (Lipinski definition) is 0. The summed E-state index contributed by atoms with van der Waals surface area (Å²) in [5.41, 5.74) is 0. The Morgan fingerprint density at radius 1 is 0.164 bits per heavy atom. The molecule has 0 N–H and O–H groups in total. The first-order chi connectivity index (χ1) is 29.4. The van der Waals surface area contributed by atoms with Crippen LogP contribution in [0.25, 0.3) is 0 Å². The molecule has 0 aliphatic rings. The molecule has 4 heteroatoms. The van der Waals surface area contributed by atoms with E-state index in [0.29, 0.717) is 0 Å². The van der Waals surface area contributed by atoms with E-state index in [9.17, 15) is 0 Å². The van der Waals surface area contributed by atoms with Gasteiger partial charge in [-0.1, -0.05) is 0 Å². The molecule has 0 aliphatic carbocycles. The van der Waals surface area contributed by atoms with Crippen LogP contribution in [-0.2, 0) is 20.4 Å². The molecule has 0 amide bonds. The van der Waals surface area contributed by atoms with E-state index < -0.39 is 21.8 Å². The molecule has 0 aromatic heterocycles. The van der Waals surface area contributed by atoms with Gasteiger partial charge in [-0.15, -0.1) is 0 Å². The predicted octanol–water partition coefficient (Wildman–Crippen LogP) is 10.0. The van der Waals surface area contributed by atoms with Gasteiger partial charge in [0.1, 0.15) is 0 Å². The fraction of sp³-hybridized carbons (Fsp3) is 0.0526. The monoisotopic (exact) mass is 940 g/mol. The van der Waals surface area contributed by atoms with Crippen LogP contribution in [0.4, 0.5) is 0 Å². The fourth-order valence-electron chi connectivity index (χ4n) is 8.44. The molecule has 0 saturated heterocycles. The molecule has 0 atom stereocenters. The second kappa shape index (κ2) is 22.2. The van der Waals surface area contributed by atoms with Crippen molar-refractivity contribution >= 4 is 69.5 Å². The van der Waals surface area contributed by atoms with Crippen molar-refractivity contribution in [3.8, 4) is 0 Å². The summed E-state index contributed by atoms with van der Waals surface area (Å²) in [5.74, 6) is 0. The molecule has 0 radical (unpaired) electrons. The van der Waals surface area contributed by atoms with E-state index in [1.54, 1.807) is 0 Å². The maximum Gasteiger partial charge on any atom is 0 e. The predicted molar refractivity (Wildman–Crippen MR) is 277 cm³/mol. The van der Waals surface area contributed by atoms with Crippen LogP contribution in [0.5, 0.6) is 0 Å². The summed E-state index contributed by atoms with van der Waals surface area (Å²) in [7, 11) is -5.63. The Hall–Kier alpha value is -5.07. The van der Waals surface area contributed by atoms with Gasteiger partial charge in [0.2, 0.25) is 0 Å². The smallest absolute Gasteiger partial charge is 0 e. The minimum Gasteiger partial charge on any atom is 0 e.